The topological polar surface area (TPSA) is 90.2 Å². The number of carbonyl (C=O) groups is 1. The van der Waals surface area contributed by atoms with Crippen LogP contribution >= 0.6 is 11.3 Å². The number of amides is 2. The van der Waals surface area contributed by atoms with Gasteiger partial charge < -0.3 is 15.4 Å². The molecule has 0 saturated carbocycles. The van der Waals surface area contributed by atoms with E-state index < -0.39 is 0 Å². The molecule has 0 fully saturated rings. The summed E-state index contributed by atoms with van der Waals surface area (Å²) in [4.78, 5) is 25.1. The average molecular weight is 373 g/mol. The van der Waals surface area contributed by atoms with Crippen LogP contribution in [0, 0.1) is 0 Å². The number of rotatable bonds is 6. The monoisotopic (exact) mass is 373 g/mol. The summed E-state index contributed by atoms with van der Waals surface area (Å²) in [6, 6.07) is 10.5. The molecule has 0 atom stereocenters. The van der Waals surface area contributed by atoms with E-state index in [9.17, 15) is 9.59 Å². The Labute approximate surface area is 154 Å². The van der Waals surface area contributed by atoms with Crippen molar-refractivity contribution in [2.75, 3.05) is 19.0 Å². The maximum atomic E-state index is 12.2. The second-order valence-electron chi connectivity index (χ2n) is 5.48. The summed E-state index contributed by atoms with van der Waals surface area (Å²) < 4.78 is 7.96. The van der Waals surface area contributed by atoms with Gasteiger partial charge in [0.15, 0.2) is 5.82 Å². The van der Waals surface area contributed by atoms with Gasteiger partial charge >= 0.3 is 11.7 Å². The molecule has 2 aromatic heterocycles. The number of anilines is 1. The highest BCUT2D eigenvalue weighted by atomic mass is 32.1. The number of hydrogen-bond acceptors (Lipinski definition) is 5. The first kappa shape index (κ1) is 17.7. The fourth-order valence-corrected chi connectivity index (χ4v) is 3.15. The number of methoxy groups -OCH3 is 1. The molecule has 0 aliphatic heterocycles. The molecule has 0 bridgehead atoms. The second kappa shape index (κ2) is 7.87. The number of ether oxygens (including phenoxy) is 1. The lowest BCUT2D eigenvalue weighted by Crippen LogP contribution is -2.34. The minimum absolute atomic E-state index is 0.219. The zero-order chi connectivity index (χ0) is 18.5. The Kier molecular flexibility index (Phi) is 5.37. The summed E-state index contributed by atoms with van der Waals surface area (Å²) in [6.45, 7) is 0.556. The van der Waals surface area contributed by atoms with Crippen LogP contribution in [0.25, 0.3) is 10.7 Å². The number of urea groups is 1. The van der Waals surface area contributed by atoms with Crippen molar-refractivity contribution in [3.8, 4) is 16.5 Å². The first-order valence-corrected chi connectivity index (χ1v) is 8.83. The Bertz CT molecular complexity index is 946. The number of thiophene rings is 1. The van der Waals surface area contributed by atoms with Gasteiger partial charge in [-0.3, -0.25) is 4.57 Å². The van der Waals surface area contributed by atoms with Crippen molar-refractivity contribution < 1.29 is 9.53 Å². The second-order valence-corrected chi connectivity index (χ2v) is 6.43. The summed E-state index contributed by atoms with van der Waals surface area (Å²) in [5.74, 6) is 1.27. The first-order chi connectivity index (χ1) is 12.6. The summed E-state index contributed by atoms with van der Waals surface area (Å²) in [6.07, 6.45) is 0. The molecule has 0 radical (unpaired) electrons. The van der Waals surface area contributed by atoms with Gasteiger partial charge in [0.1, 0.15) is 5.75 Å². The Morgan fingerprint density at radius 2 is 2.15 bits per heavy atom. The van der Waals surface area contributed by atoms with E-state index in [1.165, 1.54) is 20.6 Å². The average Bonchev–Trinajstić information content (AvgIpc) is 3.26. The van der Waals surface area contributed by atoms with Gasteiger partial charge in [0.25, 0.3) is 0 Å². The van der Waals surface area contributed by atoms with Gasteiger partial charge in [0, 0.05) is 25.3 Å². The molecule has 0 saturated heterocycles. The molecule has 26 heavy (non-hydrogen) atoms. The molecule has 2 N–H and O–H groups in total. The van der Waals surface area contributed by atoms with Crippen LogP contribution in [-0.4, -0.2) is 34.0 Å². The highest BCUT2D eigenvalue weighted by Gasteiger charge is 2.12. The lowest BCUT2D eigenvalue weighted by Gasteiger charge is -2.08. The maximum Gasteiger partial charge on any atom is 0.346 e. The fraction of sp³-hybridized carbons (Fsp3) is 0.235. The predicted octanol–water partition coefficient (Wildman–Crippen LogP) is 2.14. The molecular weight excluding hydrogens is 354 g/mol. The van der Waals surface area contributed by atoms with Gasteiger partial charge in [-0.1, -0.05) is 12.1 Å². The largest absolute Gasteiger partial charge is 0.497 e. The van der Waals surface area contributed by atoms with Crippen LogP contribution in [0.2, 0.25) is 0 Å². The number of aromatic nitrogens is 3. The van der Waals surface area contributed by atoms with Crippen molar-refractivity contribution in [3.05, 3.63) is 52.3 Å². The zero-order valence-electron chi connectivity index (χ0n) is 14.4. The molecular formula is C17H19N5O3S. The van der Waals surface area contributed by atoms with Crippen LogP contribution in [0.15, 0.2) is 46.6 Å². The lowest BCUT2D eigenvalue weighted by atomic mass is 10.3. The van der Waals surface area contributed by atoms with Gasteiger partial charge in [-0.05, 0) is 23.6 Å². The Balaban J connectivity index is 1.57. The van der Waals surface area contributed by atoms with Crippen molar-refractivity contribution in [2.24, 2.45) is 7.05 Å². The zero-order valence-corrected chi connectivity index (χ0v) is 15.2. The molecule has 0 spiro atoms. The molecule has 136 valence electrons. The SMILES string of the molecule is COc1cccc(NC(=O)NCCn2nc(-c3cccs3)n(C)c2=O)c1. The molecule has 3 rings (SSSR count). The van der Waals surface area contributed by atoms with E-state index in [4.69, 9.17) is 4.74 Å². The van der Waals surface area contributed by atoms with Crippen LogP contribution in [0.3, 0.4) is 0 Å². The Morgan fingerprint density at radius 1 is 1.31 bits per heavy atom. The smallest absolute Gasteiger partial charge is 0.346 e. The fourth-order valence-electron chi connectivity index (χ4n) is 2.41. The third-order valence-electron chi connectivity index (χ3n) is 3.72. The third-order valence-corrected chi connectivity index (χ3v) is 4.59. The molecule has 9 heteroatoms. The van der Waals surface area contributed by atoms with Gasteiger partial charge in [0.05, 0.1) is 18.5 Å². The number of benzene rings is 1. The first-order valence-electron chi connectivity index (χ1n) is 7.95. The van der Waals surface area contributed by atoms with Crippen molar-refractivity contribution in [1.29, 1.82) is 0 Å². The van der Waals surface area contributed by atoms with Gasteiger partial charge in [-0.15, -0.1) is 16.4 Å². The van der Waals surface area contributed by atoms with Gasteiger partial charge in [-0.25, -0.2) is 14.3 Å². The van der Waals surface area contributed by atoms with Crippen molar-refractivity contribution in [3.63, 3.8) is 0 Å². The number of nitrogens with one attached hydrogen (secondary N) is 2. The van der Waals surface area contributed by atoms with Crippen molar-refractivity contribution in [2.45, 2.75) is 6.54 Å². The van der Waals surface area contributed by atoms with Gasteiger partial charge in [0.2, 0.25) is 0 Å². The highest BCUT2D eigenvalue weighted by Crippen LogP contribution is 2.20. The number of carbonyl (C=O) groups excluding carboxylic acids is 1. The molecule has 3 aromatic rings. The van der Waals surface area contributed by atoms with E-state index >= 15 is 0 Å². The van der Waals surface area contributed by atoms with Crippen LogP contribution in [0.1, 0.15) is 0 Å². The minimum Gasteiger partial charge on any atom is -0.497 e. The summed E-state index contributed by atoms with van der Waals surface area (Å²) in [5, 5.41) is 11.7. The molecule has 0 aliphatic rings. The maximum absolute atomic E-state index is 12.2. The van der Waals surface area contributed by atoms with E-state index in [0.29, 0.717) is 17.3 Å². The number of nitrogens with zero attached hydrogens (tertiary/aromatic N) is 3. The normalized spacial score (nSPS) is 10.5. The predicted molar refractivity (Wildman–Crippen MR) is 101 cm³/mol. The van der Waals surface area contributed by atoms with E-state index in [1.54, 1.807) is 38.4 Å². The van der Waals surface area contributed by atoms with E-state index in [1.807, 2.05) is 17.5 Å². The summed E-state index contributed by atoms with van der Waals surface area (Å²) in [7, 11) is 3.25. The quantitative estimate of drug-likeness (QED) is 0.693. The number of hydrogen-bond donors (Lipinski definition) is 2. The van der Waals surface area contributed by atoms with Gasteiger partial charge in [-0.2, -0.15) is 0 Å². The lowest BCUT2D eigenvalue weighted by molar-refractivity contribution is 0.251. The molecule has 0 aliphatic carbocycles. The molecule has 0 unspecified atom stereocenters. The molecule has 1 aromatic carbocycles. The van der Waals surface area contributed by atoms with E-state index in [-0.39, 0.29) is 24.8 Å². The standard InChI is InChI=1S/C17H19N5O3S/c1-21-15(14-7-4-10-26-14)20-22(17(21)24)9-8-18-16(23)19-12-5-3-6-13(11-12)25-2/h3-7,10-11H,8-9H2,1-2H3,(H2,18,19,23). The Morgan fingerprint density at radius 3 is 2.88 bits per heavy atom. The Hall–Kier alpha value is -3.07. The summed E-state index contributed by atoms with van der Waals surface area (Å²) >= 11 is 1.52. The van der Waals surface area contributed by atoms with E-state index in [0.717, 1.165) is 4.88 Å². The highest BCUT2D eigenvalue weighted by molar-refractivity contribution is 7.13. The third kappa shape index (κ3) is 3.94. The van der Waals surface area contributed by atoms with Crippen LogP contribution < -0.4 is 21.1 Å². The molecule has 8 nitrogen and oxygen atoms in total. The van der Waals surface area contributed by atoms with Crippen LogP contribution in [-0.2, 0) is 13.6 Å². The summed E-state index contributed by atoms with van der Waals surface area (Å²) in [5.41, 5.74) is 0.403. The molecule has 2 heterocycles. The van der Waals surface area contributed by atoms with Crippen LogP contribution in [0.5, 0.6) is 5.75 Å². The van der Waals surface area contributed by atoms with Crippen molar-refractivity contribution in [1.82, 2.24) is 19.7 Å². The van der Waals surface area contributed by atoms with E-state index in [2.05, 4.69) is 15.7 Å². The minimum atomic E-state index is -0.360. The molecule has 2 amide bonds. The van der Waals surface area contributed by atoms with Crippen LogP contribution in [0.4, 0.5) is 10.5 Å². The van der Waals surface area contributed by atoms with Crippen molar-refractivity contribution >= 4 is 23.1 Å².